The number of benzene rings is 3. The van der Waals surface area contributed by atoms with Gasteiger partial charge in [-0.3, -0.25) is 14.5 Å². The van der Waals surface area contributed by atoms with E-state index < -0.39 is 0 Å². The van der Waals surface area contributed by atoms with Crippen LogP contribution in [-0.4, -0.2) is 27.2 Å². The van der Waals surface area contributed by atoms with Crippen molar-refractivity contribution in [2.24, 2.45) is 0 Å². The van der Waals surface area contributed by atoms with Gasteiger partial charge in [-0.15, -0.1) is 0 Å². The van der Waals surface area contributed by atoms with Gasteiger partial charge in [-0.05, 0) is 60.2 Å². The monoisotopic (exact) mass is 580 g/mol. The highest BCUT2D eigenvalue weighted by molar-refractivity contribution is 9.10. The van der Waals surface area contributed by atoms with Crippen LogP contribution in [0.25, 0.3) is 17.0 Å². The molecule has 5 rings (SSSR count). The first-order valence-electron chi connectivity index (χ1n) is 11.4. The predicted octanol–water partition coefficient (Wildman–Crippen LogP) is 7.76. The molecule has 4 aromatic rings. The zero-order valence-corrected chi connectivity index (χ0v) is 22.4. The van der Waals surface area contributed by atoms with Crippen LogP contribution in [-0.2, 0) is 17.9 Å². The molecule has 0 saturated carbocycles. The van der Waals surface area contributed by atoms with Crippen LogP contribution in [0.1, 0.15) is 17.5 Å². The Morgan fingerprint density at radius 1 is 1.00 bits per heavy atom. The van der Waals surface area contributed by atoms with Gasteiger partial charge in [-0.25, -0.2) is 0 Å². The minimum Gasteiger partial charge on any atom is -0.492 e. The lowest BCUT2D eigenvalue weighted by molar-refractivity contribution is -0.123. The number of aryl methyl sites for hydroxylation is 1. The van der Waals surface area contributed by atoms with Gasteiger partial charge in [-0.2, -0.15) is 0 Å². The summed E-state index contributed by atoms with van der Waals surface area (Å²) in [5.74, 6) is 0.408. The van der Waals surface area contributed by atoms with Gasteiger partial charge >= 0.3 is 0 Å². The summed E-state index contributed by atoms with van der Waals surface area (Å²) in [7, 11) is 0. The number of amides is 2. The Hall–Kier alpha value is -3.00. The molecule has 1 aliphatic rings. The van der Waals surface area contributed by atoms with Crippen molar-refractivity contribution in [2.45, 2.75) is 19.5 Å². The lowest BCUT2D eigenvalue weighted by atomic mass is 10.1. The van der Waals surface area contributed by atoms with E-state index in [0.29, 0.717) is 22.3 Å². The SMILES string of the molecule is O=C1S/C(=C\c2cn(CCCOc3ccccc3Cl)c3ccc(Br)cc23)C(=O)N1Cc1ccccc1. The Labute approximate surface area is 226 Å². The van der Waals surface area contributed by atoms with E-state index in [0.717, 1.165) is 51.2 Å². The van der Waals surface area contributed by atoms with Gasteiger partial charge in [0.05, 0.1) is 23.1 Å². The van der Waals surface area contributed by atoms with Crippen LogP contribution in [0.4, 0.5) is 4.79 Å². The van der Waals surface area contributed by atoms with Crippen LogP contribution >= 0.6 is 39.3 Å². The molecule has 1 fully saturated rings. The molecule has 8 heteroatoms. The number of hydrogen-bond acceptors (Lipinski definition) is 4. The first kappa shape index (κ1) is 24.7. The molecule has 0 atom stereocenters. The number of fused-ring (bicyclic) bond motifs is 1. The summed E-state index contributed by atoms with van der Waals surface area (Å²) < 4.78 is 8.93. The van der Waals surface area contributed by atoms with E-state index in [4.69, 9.17) is 16.3 Å². The highest BCUT2D eigenvalue weighted by Crippen LogP contribution is 2.35. The fraction of sp³-hybridized carbons (Fsp3) is 0.143. The minimum absolute atomic E-state index is 0.253. The second-order valence-electron chi connectivity index (χ2n) is 8.33. The summed E-state index contributed by atoms with van der Waals surface area (Å²) in [4.78, 5) is 27.4. The first-order chi connectivity index (χ1) is 17.5. The van der Waals surface area contributed by atoms with E-state index in [9.17, 15) is 9.59 Å². The van der Waals surface area contributed by atoms with E-state index in [1.54, 1.807) is 0 Å². The van der Waals surface area contributed by atoms with Crippen molar-refractivity contribution >= 4 is 67.4 Å². The Balaban J connectivity index is 1.35. The molecule has 0 aliphatic carbocycles. The molecule has 1 aliphatic heterocycles. The second-order valence-corrected chi connectivity index (χ2v) is 10.6. The van der Waals surface area contributed by atoms with Crippen LogP contribution in [0.15, 0.2) is 88.4 Å². The third-order valence-electron chi connectivity index (χ3n) is 5.86. The number of hydrogen-bond donors (Lipinski definition) is 0. The van der Waals surface area contributed by atoms with Crippen molar-refractivity contribution in [2.75, 3.05) is 6.61 Å². The zero-order valence-electron chi connectivity index (χ0n) is 19.2. The minimum atomic E-state index is -0.266. The predicted molar refractivity (Wildman–Crippen MR) is 149 cm³/mol. The molecule has 182 valence electrons. The van der Waals surface area contributed by atoms with Crippen molar-refractivity contribution in [3.8, 4) is 5.75 Å². The first-order valence-corrected chi connectivity index (χ1v) is 13.4. The fourth-order valence-corrected chi connectivity index (χ4v) is 5.50. The average Bonchev–Trinajstić information content (AvgIpc) is 3.34. The fourth-order valence-electron chi connectivity index (χ4n) is 4.12. The van der Waals surface area contributed by atoms with Gasteiger partial charge in [0, 0.05) is 33.7 Å². The number of carbonyl (C=O) groups excluding carboxylic acids is 2. The van der Waals surface area contributed by atoms with Gasteiger partial charge in [0.2, 0.25) is 0 Å². The number of aromatic nitrogens is 1. The number of thioether (sulfide) groups is 1. The van der Waals surface area contributed by atoms with Gasteiger partial charge in [-0.1, -0.05) is 70.0 Å². The molecule has 0 bridgehead atoms. The molecule has 0 radical (unpaired) electrons. The summed E-state index contributed by atoms with van der Waals surface area (Å²) in [6.07, 6.45) is 4.62. The maximum atomic E-state index is 13.1. The van der Waals surface area contributed by atoms with Crippen LogP contribution < -0.4 is 4.74 Å². The molecule has 36 heavy (non-hydrogen) atoms. The molecular weight excluding hydrogens is 560 g/mol. The van der Waals surface area contributed by atoms with Crippen molar-refractivity contribution in [1.82, 2.24) is 9.47 Å². The number of para-hydroxylation sites is 1. The normalized spacial score (nSPS) is 14.8. The van der Waals surface area contributed by atoms with Crippen LogP contribution in [0.5, 0.6) is 5.75 Å². The Morgan fingerprint density at radius 3 is 2.58 bits per heavy atom. The van der Waals surface area contributed by atoms with Gasteiger partial charge in [0.25, 0.3) is 11.1 Å². The van der Waals surface area contributed by atoms with E-state index in [-0.39, 0.29) is 17.7 Å². The van der Waals surface area contributed by atoms with Crippen molar-refractivity contribution in [3.05, 3.63) is 105 Å². The number of imide groups is 1. The molecule has 2 amide bonds. The quantitative estimate of drug-likeness (QED) is 0.158. The standard InChI is InChI=1S/C28H22BrClN2O3S/c29-21-11-12-24-22(16-21)20(18-31(24)13-6-14-35-25-10-5-4-9-23(25)30)15-26-27(33)32(28(34)36-26)17-19-7-2-1-3-8-19/h1-5,7-12,15-16,18H,6,13-14,17H2/b26-15-. The Bertz CT molecular complexity index is 1470. The average molecular weight is 582 g/mol. The third-order valence-corrected chi connectivity index (χ3v) is 7.57. The number of nitrogens with zero attached hydrogens (tertiary/aromatic N) is 2. The summed E-state index contributed by atoms with van der Waals surface area (Å²) in [5, 5.41) is 1.35. The van der Waals surface area contributed by atoms with E-state index in [1.807, 2.05) is 85.1 Å². The largest absolute Gasteiger partial charge is 0.492 e. The molecule has 0 N–H and O–H groups in total. The highest BCUT2D eigenvalue weighted by Gasteiger charge is 2.35. The second kappa shape index (κ2) is 10.9. The lowest BCUT2D eigenvalue weighted by Gasteiger charge is -2.12. The van der Waals surface area contributed by atoms with Gasteiger partial charge in [0.1, 0.15) is 5.75 Å². The smallest absolute Gasteiger partial charge is 0.293 e. The number of carbonyl (C=O) groups is 2. The van der Waals surface area contributed by atoms with Crippen molar-refractivity contribution in [3.63, 3.8) is 0 Å². The van der Waals surface area contributed by atoms with E-state index in [1.165, 1.54) is 4.90 Å². The van der Waals surface area contributed by atoms with Gasteiger partial charge < -0.3 is 9.30 Å². The molecule has 5 nitrogen and oxygen atoms in total. The van der Waals surface area contributed by atoms with Crippen LogP contribution in [0.2, 0.25) is 5.02 Å². The van der Waals surface area contributed by atoms with Crippen molar-refractivity contribution in [1.29, 1.82) is 0 Å². The molecule has 3 aromatic carbocycles. The summed E-state index contributed by atoms with van der Waals surface area (Å²) >= 11 is 10.7. The van der Waals surface area contributed by atoms with E-state index in [2.05, 4.69) is 20.5 Å². The zero-order chi connectivity index (χ0) is 25.1. The number of ether oxygens (including phenoxy) is 1. The van der Waals surface area contributed by atoms with E-state index >= 15 is 0 Å². The molecule has 2 heterocycles. The topological polar surface area (TPSA) is 51.5 Å². The van der Waals surface area contributed by atoms with Crippen molar-refractivity contribution < 1.29 is 14.3 Å². The Kier molecular flexibility index (Phi) is 7.51. The lowest BCUT2D eigenvalue weighted by Crippen LogP contribution is -2.27. The van der Waals surface area contributed by atoms with Gasteiger partial charge in [0.15, 0.2) is 0 Å². The highest BCUT2D eigenvalue weighted by atomic mass is 79.9. The summed E-state index contributed by atoms with van der Waals surface area (Å²) in [5.41, 5.74) is 2.86. The number of rotatable bonds is 8. The molecule has 1 aromatic heterocycles. The third kappa shape index (κ3) is 5.38. The summed E-state index contributed by atoms with van der Waals surface area (Å²) in [6.45, 7) is 1.52. The molecular formula is C28H22BrClN2O3S. The molecule has 1 saturated heterocycles. The van der Waals surface area contributed by atoms with Crippen LogP contribution in [0.3, 0.4) is 0 Å². The van der Waals surface area contributed by atoms with Crippen LogP contribution in [0, 0.1) is 0 Å². The molecule has 0 unspecified atom stereocenters. The maximum Gasteiger partial charge on any atom is 0.293 e. The summed E-state index contributed by atoms with van der Waals surface area (Å²) in [6, 6.07) is 23.0. The number of halogens is 2. The maximum absolute atomic E-state index is 13.1. The Morgan fingerprint density at radius 2 is 1.78 bits per heavy atom. The molecule has 0 spiro atoms.